The van der Waals surface area contributed by atoms with Gasteiger partial charge in [0.05, 0.1) is 28.4 Å². The molecular formula is C29H23Cl2NO4. The van der Waals surface area contributed by atoms with Crippen molar-refractivity contribution in [3.8, 4) is 5.75 Å². The van der Waals surface area contributed by atoms with Gasteiger partial charge in [0.1, 0.15) is 6.61 Å². The van der Waals surface area contributed by atoms with Gasteiger partial charge in [-0.15, -0.1) is 0 Å². The van der Waals surface area contributed by atoms with E-state index >= 15 is 0 Å². The Kier molecular flexibility index (Phi) is 6.37. The Morgan fingerprint density at radius 1 is 0.972 bits per heavy atom. The van der Waals surface area contributed by atoms with Gasteiger partial charge >= 0.3 is 5.97 Å². The molecule has 5 rings (SSSR count). The van der Waals surface area contributed by atoms with Crippen molar-refractivity contribution in [2.45, 2.75) is 26.4 Å². The minimum Gasteiger partial charge on any atom is -0.486 e. The molecule has 1 N–H and O–H groups in total. The van der Waals surface area contributed by atoms with Gasteiger partial charge in [-0.25, -0.2) is 4.79 Å². The number of esters is 1. The van der Waals surface area contributed by atoms with E-state index in [4.69, 9.17) is 32.7 Å². The largest absolute Gasteiger partial charge is 0.486 e. The van der Waals surface area contributed by atoms with Gasteiger partial charge in [-0.2, -0.15) is 0 Å². The molecule has 3 aromatic rings. The third-order valence-electron chi connectivity index (χ3n) is 6.47. The number of nitrogens with one attached hydrogen (secondary N) is 1. The molecule has 3 aromatic carbocycles. The lowest BCUT2D eigenvalue weighted by Gasteiger charge is -2.29. The minimum atomic E-state index is -0.713. The molecule has 2 aliphatic rings. The van der Waals surface area contributed by atoms with E-state index in [0.29, 0.717) is 46.0 Å². The van der Waals surface area contributed by atoms with E-state index in [1.165, 1.54) is 7.11 Å². The molecule has 0 aromatic heterocycles. The number of allylic oxidation sites excluding steroid dienone is 2. The smallest absolute Gasteiger partial charge is 0.336 e. The number of halogens is 2. The van der Waals surface area contributed by atoms with Crippen LogP contribution in [0, 0.1) is 6.92 Å². The maximum absolute atomic E-state index is 13.5. The number of ether oxygens (including phenoxy) is 2. The zero-order valence-corrected chi connectivity index (χ0v) is 21.5. The van der Waals surface area contributed by atoms with Crippen LogP contribution in [0.1, 0.15) is 45.5 Å². The van der Waals surface area contributed by atoms with Gasteiger partial charge in [-0.3, -0.25) is 4.79 Å². The van der Waals surface area contributed by atoms with E-state index in [1.807, 2.05) is 49.4 Å². The number of hydrogen-bond acceptors (Lipinski definition) is 5. The highest BCUT2D eigenvalue weighted by Gasteiger charge is 2.43. The molecule has 1 aliphatic carbocycles. The SMILES string of the molecule is COC(=O)C1=C(C)NC2=C(C(=O)c3ccccc32)[C@@H]1c1cc(Cl)c(OCc2cccc(C)c2)c(Cl)c1. The summed E-state index contributed by atoms with van der Waals surface area (Å²) in [4.78, 5) is 26.4. The first kappa shape index (κ1) is 24.2. The van der Waals surface area contributed by atoms with E-state index in [2.05, 4.69) is 5.32 Å². The molecule has 5 nitrogen and oxygen atoms in total. The molecule has 36 heavy (non-hydrogen) atoms. The fourth-order valence-electron chi connectivity index (χ4n) is 4.88. The van der Waals surface area contributed by atoms with Crippen molar-refractivity contribution in [1.82, 2.24) is 5.32 Å². The summed E-state index contributed by atoms with van der Waals surface area (Å²) in [6.45, 7) is 4.09. The molecule has 0 amide bonds. The maximum Gasteiger partial charge on any atom is 0.336 e. The highest BCUT2D eigenvalue weighted by Crippen LogP contribution is 2.48. The van der Waals surface area contributed by atoms with Crippen LogP contribution in [-0.2, 0) is 16.1 Å². The quantitative estimate of drug-likeness (QED) is 0.383. The molecule has 0 radical (unpaired) electrons. The van der Waals surface area contributed by atoms with Gasteiger partial charge < -0.3 is 14.8 Å². The molecule has 7 heteroatoms. The van der Waals surface area contributed by atoms with E-state index in [9.17, 15) is 9.59 Å². The van der Waals surface area contributed by atoms with Crippen LogP contribution >= 0.6 is 23.2 Å². The van der Waals surface area contributed by atoms with Crippen molar-refractivity contribution in [3.05, 3.63) is 115 Å². The topological polar surface area (TPSA) is 64.6 Å². The maximum atomic E-state index is 13.5. The van der Waals surface area contributed by atoms with Gasteiger partial charge in [-0.1, -0.05) is 77.3 Å². The molecule has 1 aliphatic heterocycles. The Hall–Kier alpha value is -3.54. The number of aryl methyl sites for hydroxylation is 1. The fourth-order valence-corrected chi connectivity index (χ4v) is 5.50. The number of rotatable bonds is 5. The third-order valence-corrected chi connectivity index (χ3v) is 7.04. The minimum absolute atomic E-state index is 0.154. The van der Waals surface area contributed by atoms with Crippen LogP contribution in [-0.4, -0.2) is 18.9 Å². The molecule has 1 heterocycles. The summed E-state index contributed by atoms with van der Waals surface area (Å²) in [5, 5.41) is 3.84. The molecule has 0 spiro atoms. The van der Waals surface area contributed by atoms with Crippen LogP contribution < -0.4 is 10.1 Å². The molecular weight excluding hydrogens is 497 g/mol. The van der Waals surface area contributed by atoms with Crippen molar-refractivity contribution in [2.24, 2.45) is 0 Å². The molecule has 182 valence electrons. The fraction of sp³-hybridized carbons (Fsp3) is 0.172. The van der Waals surface area contributed by atoms with Gasteiger partial charge in [-0.05, 0) is 37.1 Å². The van der Waals surface area contributed by atoms with Crippen molar-refractivity contribution < 1.29 is 19.1 Å². The first-order valence-electron chi connectivity index (χ1n) is 11.4. The summed E-state index contributed by atoms with van der Waals surface area (Å²) < 4.78 is 11.1. The summed E-state index contributed by atoms with van der Waals surface area (Å²) in [5.74, 6) is -1.06. The number of hydrogen-bond donors (Lipinski definition) is 1. The number of carbonyl (C=O) groups is 2. The highest BCUT2D eigenvalue weighted by atomic mass is 35.5. The van der Waals surface area contributed by atoms with Crippen LogP contribution in [0.3, 0.4) is 0 Å². The third kappa shape index (κ3) is 4.08. The monoisotopic (exact) mass is 519 g/mol. The zero-order valence-electron chi connectivity index (χ0n) is 19.9. The van der Waals surface area contributed by atoms with Crippen LogP contribution in [0.25, 0.3) is 5.70 Å². The second kappa shape index (κ2) is 9.49. The Morgan fingerprint density at radius 3 is 2.33 bits per heavy atom. The Bertz CT molecular complexity index is 1470. The zero-order chi connectivity index (χ0) is 25.6. The average Bonchev–Trinajstić information content (AvgIpc) is 3.13. The predicted molar refractivity (Wildman–Crippen MR) is 140 cm³/mol. The van der Waals surface area contributed by atoms with Crippen molar-refractivity contribution >= 4 is 40.7 Å². The second-order valence-electron chi connectivity index (χ2n) is 8.84. The number of carbonyl (C=O) groups excluding carboxylic acids is 2. The molecule has 0 unspecified atom stereocenters. The summed E-state index contributed by atoms with van der Waals surface area (Å²) in [5.41, 5.74) is 6.15. The van der Waals surface area contributed by atoms with E-state index < -0.39 is 11.9 Å². The van der Waals surface area contributed by atoms with Gasteiger partial charge in [0, 0.05) is 28.3 Å². The summed E-state index contributed by atoms with van der Waals surface area (Å²) >= 11 is 13.3. The van der Waals surface area contributed by atoms with Crippen molar-refractivity contribution in [3.63, 3.8) is 0 Å². The number of fused-ring (bicyclic) bond motifs is 2. The van der Waals surface area contributed by atoms with E-state index in [0.717, 1.165) is 16.7 Å². The lowest BCUT2D eigenvalue weighted by Crippen LogP contribution is -2.29. The first-order valence-corrected chi connectivity index (χ1v) is 12.2. The van der Waals surface area contributed by atoms with E-state index in [1.54, 1.807) is 25.1 Å². The van der Waals surface area contributed by atoms with Crippen LogP contribution in [0.5, 0.6) is 5.75 Å². The number of ketones is 1. The lowest BCUT2D eigenvalue weighted by molar-refractivity contribution is -0.136. The van der Waals surface area contributed by atoms with Crippen molar-refractivity contribution in [2.75, 3.05) is 7.11 Å². The molecule has 1 atom stereocenters. The predicted octanol–water partition coefficient (Wildman–Crippen LogP) is 6.62. The van der Waals surface area contributed by atoms with Crippen molar-refractivity contribution in [1.29, 1.82) is 0 Å². The number of Topliss-reactive ketones (excluding diaryl/α,β-unsaturated/α-hetero) is 1. The van der Waals surface area contributed by atoms with E-state index in [-0.39, 0.29) is 15.8 Å². The van der Waals surface area contributed by atoms with Gasteiger partial charge in [0.2, 0.25) is 0 Å². The lowest BCUT2D eigenvalue weighted by atomic mass is 9.80. The van der Waals surface area contributed by atoms with Gasteiger partial charge in [0.25, 0.3) is 0 Å². The standard InChI is InChI=1S/C29H23Cl2NO4/c1-15-7-6-8-17(11-15)14-36-28-21(30)12-18(13-22(28)31)24-23(29(34)35-3)16(2)32-26-19-9-4-5-10-20(19)27(33)25(24)26/h4-13,24,32H,14H2,1-3H3/t24-/m1/s1. The molecule has 0 saturated heterocycles. The van der Waals surface area contributed by atoms with Crippen LogP contribution in [0.4, 0.5) is 0 Å². The average molecular weight is 520 g/mol. The Morgan fingerprint density at radius 2 is 1.67 bits per heavy atom. The Labute approximate surface area is 219 Å². The van der Waals surface area contributed by atoms with Gasteiger partial charge in [0.15, 0.2) is 11.5 Å². The second-order valence-corrected chi connectivity index (χ2v) is 9.66. The summed E-state index contributed by atoms with van der Waals surface area (Å²) in [6.07, 6.45) is 0. The number of dihydropyridines is 1. The highest BCUT2D eigenvalue weighted by molar-refractivity contribution is 6.37. The molecule has 0 saturated carbocycles. The molecule has 0 fully saturated rings. The Balaban J connectivity index is 1.58. The number of methoxy groups -OCH3 is 1. The van der Waals surface area contributed by atoms with Crippen LogP contribution in [0.2, 0.25) is 10.0 Å². The molecule has 0 bridgehead atoms. The first-order chi connectivity index (χ1) is 17.3. The summed E-state index contributed by atoms with van der Waals surface area (Å²) in [6, 6.07) is 18.7. The van der Waals surface area contributed by atoms with Crippen LogP contribution in [0.15, 0.2) is 77.5 Å². The summed E-state index contributed by atoms with van der Waals surface area (Å²) in [7, 11) is 1.32. The number of benzene rings is 3. The normalized spacial score (nSPS) is 16.5.